The van der Waals surface area contributed by atoms with Crippen molar-refractivity contribution in [2.75, 3.05) is 11.6 Å². The third-order valence-electron chi connectivity index (χ3n) is 3.28. The zero-order valence-corrected chi connectivity index (χ0v) is 11.3. The summed E-state index contributed by atoms with van der Waals surface area (Å²) in [5.41, 5.74) is 0.659. The maximum absolute atomic E-state index is 10.9. The lowest BCUT2D eigenvalue weighted by atomic mass is 10.2. The maximum Gasteiger partial charge on any atom is 0.339 e. The molecular formula is C12H17N3O2S. The summed E-state index contributed by atoms with van der Waals surface area (Å²) in [5, 5.41) is 12.8. The molecule has 0 aromatic carbocycles. The van der Waals surface area contributed by atoms with Gasteiger partial charge in [-0.05, 0) is 26.0 Å². The van der Waals surface area contributed by atoms with E-state index in [9.17, 15) is 4.79 Å². The van der Waals surface area contributed by atoms with Crippen molar-refractivity contribution >= 4 is 23.7 Å². The average molecular weight is 267 g/mol. The molecule has 1 saturated carbocycles. The number of hydrogen-bond acceptors (Lipinski definition) is 5. The standard InChI is InChI=1S/C12H17N3O2S/c1-7-8(11(16)17)6-13-12(14-7)15-9-4-3-5-10(9)18-2/h6,9-10H,3-5H2,1-2H3,(H,16,17)(H,13,14,15). The Morgan fingerprint density at radius 1 is 1.56 bits per heavy atom. The first-order valence-corrected chi connectivity index (χ1v) is 7.27. The Morgan fingerprint density at radius 3 is 2.94 bits per heavy atom. The highest BCUT2D eigenvalue weighted by Crippen LogP contribution is 2.30. The molecule has 98 valence electrons. The summed E-state index contributed by atoms with van der Waals surface area (Å²) >= 11 is 1.86. The number of thioether (sulfide) groups is 1. The monoisotopic (exact) mass is 267 g/mol. The highest BCUT2D eigenvalue weighted by Gasteiger charge is 2.27. The molecule has 1 aliphatic rings. The molecule has 2 atom stereocenters. The predicted octanol–water partition coefficient (Wildman–Crippen LogP) is 2.18. The Labute approximate surface area is 110 Å². The highest BCUT2D eigenvalue weighted by atomic mass is 32.2. The van der Waals surface area contributed by atoms with Gasteiger partial charge in [0.2, 0.25) is 5.95 Å². The molecule has 1 fully saturated rings. The van der Waals surface area contributed by atoms with Gasteiger partial charge in [-0.15, -0.1) is 0 Å². The van der Waals surface area contributed by atoms with Crippen molar-refractivity contribution < 1.29 is 9.90 Å². The second kappa shape index (κ2) is 5.56. The minimum absolute atomic E-state index is 0.161. The Bertz CT molecular complexity index is 453. The van der Waals surface area contributed by atoms with Crippen LogP contribution in [0, 0.1) is 6.92 Å². The lowest BCUT2D eigenvalue weighted by Gasteiger charge is -2.19. The first-order valence-electron chi connectivity index (χ1n) is 5.98. The third-order valence-corrected chi connectivity index (χ3v) is 4.45. The molecule has 2 rings (SSSR count). The van der Waals surface area contributed by atoms with Gasteiger partial charge in [-0.1, -0.05) is 6.42 Å². The van der Waals surface area contributed by atoms with E-state index in [1.54, 1.807) is 6.92 Å². The molecule has 0 saturated heterocycles. The zero-order chi connectivity index (χ0) is 13.1. The molecule has 0 aliphatic heterocycles. The van der Waals surface area contributed by atoms with Gasteiger partial charge < -0.3 is 10.4 Å². The number of carboxylic acids is 1. The van der Waals surface area contributed by atoms with E-state index in [1.807, 2.05) is 11.8 Å². The Morgan fingerprint density at radius 2 is 2.33 bits per heavy atom. The summed E-state index contributed by atoms with van der Waals surface area (Å²) in [6.45, 7) is 1.69. The molecule has 0 radical (unpaired) electrons. The normalized spacial score (nSPS) is 23.0. The van der Waals surface area contributed by atoms with Crippen LogP contribution in [0.5, 0.6) is 0 Å². The van der Waals surface area contributed by atoms with Crippen molar-refractivity contribution in [3.8, 4) is 0 Å². The molecule has 2 N–H and O–H groups in total. The van der Waals surface area contributed by atoms with Crippen molar-refractivity contribution in [3.63, 3.8) is 0 Å². The second-order valence-corrected chi connectivity index (χ2v) is 5.53. The largest absolute Gasteiger partial charge is 0.478 e. The van der Waals surface area contributed by atoms with Crippen LogP contribution in [0.25, 0.3) is 0 Å². The lowest BCUT2D eigenvalue weighted by Crippen LogP contribution is -2.27. The van der Waals surface area contributed by atoms with Gasteiger partial charge in [0, 0.05) is 17.5 Å². The lowest BCUT2D eigenvalue weighted by molar-refractivity contribution is 0.0695. The number of nitrogens with zero attached hydrogens (tertiary/aromatic N) is 2. The van der Waals surface area contributed by atoms with Gasteiger partial charge in [-0.2, -0.15) is 11.8 Å². The molecule has 5 nitrogen and oxygen atoms in total. The van der Waals surface area contributed by atoms with E-state index in [0.29, 0.717) is 22.9 Å². The molecule has 1 heterocycles. The first kappa shape index (κ1) is 13.1. The topological polar surface area (TPSA) is 75.1 Å². The van der Waals surface area contributed by atoms with Gasteiger partial charge >= 0.3 is 5.97 Å². The average Bonchev–Trinajstić information content (AvgIpc) is 2.76. The number of aromatic nitrogens is 2. The predicted molar refractivity (Wildman–Crippen MR) is 72.3 cm³/mol. The number of anilines is 1. The molecular weight excluding hydrogens is 250 g/mol. The molecule has 6 heteroatoms. The van der Waals surface area contributed by atoms with Gasteiger partial charge in [0.1, 0.15) is 0 Å². The van der Waals surface area contributed by atoms with Crippen LogP contribution >= 0.6 is 11.8 Å². The van der Waals surface area contributed by atoms with Crippen molar-refractivity contribution in [2.45, 2.75) is 37.5 Å². The number of aryl methyl sites for hydroxylation is 1. The van der Waals surface area contributed by atoms with Crippen molar-refractivity contribution in [1.82, 2.24) is 9.97 Å². The Balaban J connectivity index is 2.10. The highest BCUT2D eigenvalue weighted by molar-refractivity contribution is 7.99. The zero-order valence-electron chi connectivity index (χ0n) is 10.5. The van der Waals surface area contributed by atoms with Crippen LogP contribution in [0.3, 0.4) is 0 Å². The number of hydrogen-bond donors (Lipinski definition) is 2. The minimum atomic E-state index is -0.984. The van der Waals surface area contributed by atoms with Gasteiger partial charge in [0.05, 0.1) is 11.3 Å². The number of carbonyl (C=O) groups is 1. The van der Waals surface area contributed by atoms with E-state index >= 15 is 0 Å². The molecule has 0 amide bonds. The number of nitrogens with one attached hydrogen (secondary N) is 1. The summed E-state index contributed by atoms with van der Waals surface area (Å²) in [5.74, 6) is -0.453. The Hall–Kier alpha value is -1.30. The minimum Gasteiger partial charge on any atom is -0.478 e. The number of carboxylic acid groups (broad SMARTS) is 1. The summed E-state index contributed by atoms with van der Waals surface area (Å²) in [6.07, 6.45) is 7.04. The number of rotatable bonds is 4. The molecule has 1 aromatic heterocycles. The maximum atomic E-state index is 10.9. The van der Waals surface area contributed by atoms with Crippen LogP contribution < -0.4 is 5.32 Å². The summed E-state index contributed by atoms with van der Waals surface area (Å²) in [6, 6.07) is 0.384. The van der Waals surface area contributed by atoms with Crippen molar-refractivity contribution in [2.24, 2.45) is 0 Å². The van der Waals surface area contributed by atoms with Crippen LogP contribution in [0.1, 0.15) is 35.3 Å². The third kappa shape index (κ3) is 2.75. The molecule has 18 heavy (non-hydrogen) atoms. The van der Waals surface area contributed by atoms with Gasteiger partial charge in [-0.3, -0.25) is 0 Å². The fraction of sp³-hybridized carbons (Fsp3) is 0.583. The molecule has 0 bridgehead atoms. The van der Waals surface area contributed by atoms with E-state index in [-0.39, 0.29) is 5.56 Å². The van der Waals surface area contributed by atoms with E-state index in [1.165, 1.54) is 19.0 Å². The van der Waals surface area contributed by atoms with E-state index in [0.717, 1.165) is 6.42 Å². The van der Waals surface area contributed by atoms with Crippen molar-refractivity contribution in [1.29, 1.82) is 0 Å². The molecule has 1 aromatic rings. The molecule has 2 unspecified atom stereocenters. The van der Waals surface area contributed by atoms with Crippen LogP contribution in [-0.2, 0) is 0 Å². The quantitative estimate of drug-likeness (QED) is 0.871. The smallest absolute Gasteiger partial charge is 0.339 e. The summed E-state index contributed by atoms with van der Waals surface area (Å²) in [4.78, 5) is 19.2. The van der Waals surface area contributed by atoms with E-state index in [2.05, 4.69) is 21.5 Å². The number of aromatic carboxylic acids is 1. The molecule has 0 spiro atoms. The van der Waals surface area contributed by atoms with Crippen LogP contribution in [0.15, 0.2) is 6.20 Å². The molecule has 1 aliphatic carbocycles. The Kier molecular flexibility index (Phi) is 4.06. The van der Waals surface area contributed by atoms with Crippen LogP contribution in [-0.4, -0.2) is 38.6 Å². The summed E-state index contributed by atoms with van der Waals surface area (Å²) in [7, 11) is 0. The van der Waals surface area contributed by atoms with Crippen LogP contribution in [0.2, 0.25) is 0 Å². The van der Waals surface area contributed by atoms with Crippen molar-refractivity contribution in [3.05, 3.63) is 17.5 Å². The van der Waals surface area contributed by atoms with Crippen LogP contribution in [0.4, 0.5) is 5.95 Å². The SMILES string of the molecule is CSC1CCCC1Nc1ncc(C(=O)O)c(C)n1. The van der Waals surface area contributed by atoms with E-state index in [4.69, 9.17) is 5.11 Å². The summed E-state index contributed by atoms with van der Waals surface area (Å²) < 4.78 is 0. The first-order chi connectivity index (χ1) is 8.61. The van der Waals surface area contributed by atoms with E-state index < -0.39 is 5.97 Å². The second-order valence-electron chi connectivity index (χ2n) is 4.45. The van der Waals surface area contributed by atoms with Gasteiger partial charge in [0.25, 0.3) is 0 Å². The fourth-order valence-electron chi connectivity index (χ4n) is 2.29. The fourth-order valence-corrected chi connectivity index (χ4v) is 3.22. The van der Waals surface area contributed by atoms with Gasteiger partial charge in [-0.25, -0.2) is 14.8 Å². The van der Waals surface area contributed by atoms with Gasteiger partial charge in [0.15, 0.2) is 0 Å².